The molecule has 0 N–H and O–H groups in total. The van der Waals surface area contributed by atoms with Crippen molar-refractivity contribution in [3.8, 4) is 0 Å². The Morgan fingerprint density at radius 1 is 1.53 bits per heavy atom. The van der Waals surface area contributed by atoms with Gasteiger partial charge in [-0.15, -0.1) is 6.58 Å². The van der Waals surface area contributed by atoms with Gasteiger partial charge in [-0.25, -0.2) is 8.42 Å². The summed E-state index contributed by atoms with van der Waals surface area (Å²) in [6, 6.07) is 1.41. The van der Waals surface area contributed by atoms with Crippen LogP contribution in [0.3, 0.4) is 0 Å². The fourth-order valence-electron chi connectivity index (χ4n) is 1.38. The van der Waals surface area contributed by atoms with Crippen molar-refractivity contribution in [2.24, 2.45) is 0 Å². The molecule has 0 bridgehead atoms. The summed E-state index contributed by atoms with van der Waals surface area (Å²) in [5.41, 5.74) is 0. The minimum atomic E-state index is -3.52. The largest absolute Gasteiger partial charge is 0.262 e. The first-order valence-electron chi connectivity index (χ1n) is 5.13. The first-order valence-corrected chi connectivity index (χ1v) is 7.36. The van der Waals surface area contributed by atoms with E-state index in [9.17, 15) is 8.42 Å². The number of nitrogens with zero attached hydrogens (tertiary/aromatic N) is 2. The van der Waals surface area contributed by atoms with E-state index in [-0.39, 0.29) is 17.5 Å². The molecule has 0 amide bonds. The van der Waals surface area contributed by atoms with Crippen LogP contribution in [0.4, 0.5) is 0 Å². The maximum absolute atomic E-state index is 12.3. The van der Waals surface area contributed by atoms with Crippen molar-refractivity contribution in [3.05, 3.63) is 35.6 Å². The van der Waals surface area contributed by atoms with Crippen molar-refractivity contribution in [3.63, 3.8) is 0 Å². The molecule has 6 heteroatoms. The smallest absolute Gasteiger partial charge is 0.245 e. The molecule has 0 radical (unpaired) electrons. The van der Waals surface area contributed by atoms with E-state index in [1.54, 1.807) is 18.3 Å². The summed E-state index contributed by atoms with van der Waals surface area (Å²) in [4.78, 5) is 4.06. The molecular formula is C11H15BrN2O2S. The van der Waals surface area contributed by atoms with E-state index in [4.69, 9.17) is 0 Å². The fourth-order valence-corrected chi connectivity index (χ4v) is 3.50. The van der Waals surface area contributed by atoms with Crippen LogP contribution >= 0.6 is 15.9 Å². The first kappa shape index (κ1) is 14.3. The van der Waals surface area contributed by atoms with Gasteiger partial charge in [0.25, 0.3) is 0 Å². The van der Waals surface area contributed by atoms with Crippen LogP contribution in [0.1, 0.15) is 13.8 Å². The molecule has 0 spiro atoms. The number of hydrogen-bond acceptors (Lipinski definition) is 3. The molecule has 0 saturated carbocycles. The summed E-state index contributed by atoms with van der Waals surface area (Å²) in [5, 5.41) is 0. The van der Waals surface area contributed by atoms with Gasteiger partial charge >= 0.3 is 0 Å². The second-order valence-electron chi connectivity index (χ2n) is 3.80. The Morgan fingerprint density at radius 2 is 2.18 bits per heavy atom. The highest BCUT2D eigenvalue weighted by atomic mass is 79.9. The van der Waals surface area contributed by atoms with Crippen LogP contribution in [0, 0.1) is 0 Å². The third-order valence-corrected chi connectivity index (χ3v) is 4.61. The predicted molar refractivity (Wildman–Crippen MR) is 71.2 cm³/mol. The fraction of sp³-hybridized carbons (Fsp3) is 0.364. The number of pyridine rings is 1. The number of hydrogen-bond donors (Lipinski definition) is 0. The van der Waals surface area contributed by atoms with Gasteiger partial charge in [0.2, 0.25) is 10.0 Å². The summed E-state index contributed by atoms with van der Waals surface area (Å²) < 4.78 is 26.7. The third kappa shape index (κ3) is 3.37. The molecule has 1 rings (SSSR count). The van der Waals surface area contributed by atoms with Gasteiger partial charge < -0.3 is 0 Å². The second kappa shape index (κ2) is 5.75. The van der Waals surface area contributed by atoms with E-state index in [0.717, 1.165) is 0 Å². The summed E-state index contributed by atoms with van der Waals surface area (Å²) in [7, 11) is -3.52. The summed E-state index contributed by atoms with van der Waals surface area (Å²) in [5.74, 6) is 0. The Kier molecular flexibility index (Phi) is 4.85. The maximum atomic E-state index is 12.3. The Morgan fingerprint density at radius 3 is 2.65 bits per heavy atom. The molecular weight excluding hydrogens is 304 g/mol. The molecule has 1 heterocycles. The van der Waals surface area contributed by atoms with Gasteiger partial charge in [-0.2, -0.15) is 4.31 Å². The normalized spacial score (nSPS) is 12.1. The predicted octanol–water partition coefficient (Wildman–Crippen LogP) is 2.43. The third-order valence-electron chi connectivity index (χ3n) is 2.17. The van der Waals surface area contributed by atoms with Crippen LogP contribution in [0.5, 0.6) is 0 Å². The minimum Gasteiger partial charge on any atom is -0.262 e. The van der Waals surface area contributed by atoms with Gasteiger partial charge in [0.05, 0.1) is 0 Å². The summed E-state index contributed by atoms with van der Waals surface area (Å²) >= 11 is 3.21. The lowest BCUT2D eigenvalue weighted by molar-refractivity contribution is 0.382. The Hall–Kier alpha value is -0.720. The monoisotopic (exact) mass is 318 g/mol. The van der Waals surface area contributed by atoms with Crippen molar-refractivity contribution in [2.75, 3.05) is 6.54 Å². The van der Waals surface area contributed by atoms with Crippen LogP contribution in [0.2, 0.25) is 0 Å². The van der Waals surface area contributed by atoms with Crippen LogP contribution in [-0.4, -0.2) is 30.3 Å². The van der Waals surface area contributed by atoms with Crippen LogP contribution < -0.4 is 0 Å². The van der Waals surface area contributed by atoms with Gasteiger partial charge in [-0.3, -0.25) is 4.98 Å². The number of halogens is 1. The van der Waals surface area contributed by atoms with Crippen molar-refractivity contribution in [1.82, 2.24) is 9.29 Å². The van der Waals surface area contributed by atoms with Crippen molar-refractivity contribution >= 4 is 26.0 Å². The topological polar surface area (TPSA) is 50.3 Å². The molecule has 0 fully saturated rings. The van der Waals surface area contributed by atoms with Crippen LogP contribution in [0.25, 0.3) is 0 Å². The number of rotatable bonds is 5. The zero-order valence-corrected chi connectivity index (χ0v) is 12.2. The van der Waals surface area contributed by atoms with E-state index in [1.165, 1.54) is 10.5 Å². The molecule has 0 aliphatic heterocycles. The van der Waals surface area contributed by atoms with E-state index in [0.29, 0.717) is 4.47 Å². The standard InChI is InChI=1S/C11H15BrN2O2S/c1-4-5-14(9(2)3)17(15,16)11-6-10(12)7-13-8-11/h4,6-9H,1,5H2,2-3H3. The molecule has 1 aromatic heterocycles. The number of aromatic nitrogens is 1. The lowest BCUT2D eigenvalue weighted by Crippen LogP contribution is -2.37. The Bertz CT molecular complexity index is 500. The zero-order valence-electron chi connectivity index (χ0n) is 9.80. The first-order chi connectivity index (χ1) is 7.89. The van der Waals surface area contributed by atoms with Gasteiger partial charge in [-0.05, 0) is 35.8 Å². The molecule has 0 unspecified atom stereocenters. The molecule has 0 aromatic carbocycles. The van der Waals surface area contributed by atoms with Crippen molar-refractivity contribution in [2.45, 2.75) is 24.8 Å². The minimum absolute atomic E-state index is 0.128. The zero-order chi connectivity index (χ0) is 13.1. The molecule has 0 aliphatic rings. The highest BCUT2D eigenvalue weighted by molar-refractivity contribution is 9.10. The van der Waals surface area contributed by atoms with Gasteiger partial charge in [0, 0.05) is 29.5 Å². The Balaban J connectivity index is 3.21. The molecule has 94 valence electrons. The molecule has 0 atom stereocenters. The molecule has 1 aromatic rings. The average molecular weight is 319 g/mol. The van der Waals surface area contributed by atoms with Crippen LogP contribution in [-0.2, 0) is 10.0 Å². The van der Waals surface area contributed by atoms with E-state index in [2.05, 4.69) is 27.5 Å². The highest BCUT2D eigenvalue weighted by Gasteiger charge is 2.26. The van der Waals surface area contributed by atoms with Crippen molar-refractivity contribution < 1.29 is 8.42 Å². The lowest BCUT2D eigenvalue weighted by Gasteiger charge is -2.24. The molecule has 17 heavy (non-hydrogen) atoms. The van der Waals surface area contributed by atoms with Crippen LogP contribution in [0.15, 0.2) is 40.5 Å². The van der Waals surface area contributed by atoms with Gasteiger partial charge in [-0.1, -0.05) is 6.08 Å². The average Bonchev–Trinajstić information content (AvgIpc) is 2.25. The highest BCUT2D eigenvalue weighted by Crippen LogP contribution is 2.20. The Labute approximate surface area is 111 Å². The summed E-state index contributed by atoms with van der Waals surface area (Å²) in [6.07, 6.45) is 4.47. The maximum Gasteiger partial charge on any atom is 0.245 e. The molecule has 0 aliphatic carbocycles. The lowest BCUT2D eigenvalue weighted by atomic mass is 10.4. The summed E-state index contributed by atoms with van der Waals surface area (Å²) in [6.45, 7) is 7.51. The van der Waals surface area contributed by atoms with Crippen molar-refractivity contribution in [1.29, 1.82) is 0 Å². The van der Waals surface area contributed by atoms with E-state index < -0.39 is 10.0 Å². The van der Waals surface area contributed by atoms with E-state index in [1.807, 2.05) is 13.8 Å². The van der Waals surface area contributed by atoms with Gasteiger partial charge in [0.1, 0.15) is 4.90 Å². The van der Waals surface area contributed by atoms with Gasteiger partial charge in [0.15, 0.2) is 0 Å². The molecule has 4 nitrogen and oxygen atoms in total. The van der Waals surface area contributed by atoms with E-state index >= 15 is 0 Å². The number of sulfonamides is 1. The second-order valence-corrected chi connectivity index (χ2v) is 6.60. The quantitative estimate of drug-likeness (QED) is 0.783. The molecule has 0 saturated heterocycles. The SMILES string of the molecule is C=CCN(C(C)C)S(=O)(=O)c1cncc(Br)c1.